The van der Waals surface area contributed by atoms with E-state index in [2.05, 4.69) is 15.0 Å². The molecule has 1 atom stereocenters. The second-order valence-corrected chi connectivity index (χ2v) is 6.59. The summed E-state index contributed by atoms with van der Waals surface area (Å²) in [6.45, 7) is 1.76. The van der Waals surface area contributed by atoms with Crippen molar-refractivity contribution in [1.29, 1.82) is 10.5 Å². The van der Waals surface area contributed by atoms with Crippen molar-refractivity contribution in [3.63, 3.8) is 0 Å². The second kappa shape index (κ2) is 7.08. The first-order valence-electron chi connectivity index (χ1n) is 7.43. The fourth-order valence-electron chi connectivity index (χ4n) is 2.29. The van der Waals surface area contributed by atoms with Crippen molar-refractivity contribution in [2.45, 2.75) is 17.2 Å². The summed E-state index contributed by atoms with van der Waals surface area (Å²) < 4.78 is 0. The Kier molecular flexibility index (Phi) is 4.69. The van der Waals surface area contributed by atoms with Gasteiger partial charge in [-0.1, -0.05) is 23.9 Å². The number of nitrogens with one attached hydrogen (secondary N) is 1. The number of hydrogen-bond donors (Lipinski definition) is 2. The Morgan fingerprint density at radius 1 is 1.28 bits per heavy atom. The smallest absolute Gasteiger partial charge is 0.152 e. The molecule has 0 radical (unpaired) electrons. The van der Waals surface area contributed by atoms with Gasteiger partial charge in [-0.25, -0.2) is 9.97 Å². The number of aliphatic hydroxyl groups excluding tert-OH is 1. The van der Waals surface area contributed by atoms with Crippen LogP contribution in [0.15, 0.2) is 53.4 Å². The highest BCUT2D eigenvalue weighted by atomic mass is 32.2. The summed E-state index contributed by atoms with van der Waals surface area (Å²) in [5.74, 6) is 0.239. The highest BCUT2D eigenvalue weighted by molar-refractivity contribution is 8.00. The molecule has 6 nitrogen and oxygen atoms in total. The quantitative estimate of drug-likeness (QED) is 0.422. The van der Waals surface area contributed by atoms with Gasteiger partial charge in [0.1, 0.15) is 17.4 Å². The Morgan fingerprint density at radius 2 is 2.08 bits per heavy atom. The van der Waals surface area contributed by atoms with E-state index >= 15 is 0 Å². The van der Waals surface area contributed by atoms with Crippen molar-refractivity contribution in [2.75, 3.05) is 0 Å². The Bertz CT molecular complexity index is 1010. The lowest BCUT2D eigenvalue weighted by molar-refractivity contribution is 0.402. The number of benzene rings is 1. The lowest BCUT2D eigenvalue weighted by atomic mass is 10.2. The number of H-pyrrole nitrogens is 1. The summed E-state index contributed by atoms with van der Waals surface area (Å²) in [7, 11) is 0. The molecule has 2 heterocycles. The maximum Gasteiger partial charge on any atom is 0.152 e. The van der Waals surface area contributed by atoms with Crippen molar-refractivity contribution in [1.82, 2.24) is 15.0 Å². The third-order valence-electron chi connectivity index (χ3n) is 3.54. The number of rotatable bonds is 4. The van der Waals surface area contributed by atoms with E-state index in [1.165, 1.54) is 11.8 Å². The molecule has 0 fully saturated rings. The molecule has 2 aromatic heterocycles. The zero-order valence-corrected chi connectivity index (χ0v) is 14.1. The minimum atomic E-state index is -0.427. The molecule has 3 aromatic rings. The van der Waals surface area contributed by atoms with E-state index in [-0.39, 0.29) is 11.3 Å². The second-order valence-electron chi connectivity index (χ2n) is 5.23. The van der Waals surface area contributed by atoms with Gasteiger partial charge in [0.15, 0.2) is 5.82 Å². The number of nitrogens with zero attached hydrogens (tertiary/aromatic N) is 4. The topological polar surface area (TPSA) is 109 Å². The van der Waals surface area contributed by atoms with Gasteiger partial charge >= 0.3 is 0 Å². The van der Waals surface area contributed by atoms with Crippen molar-refractivity contribution < 1.29 is 5.11 Å². The van der Waals surface area contributed by atoms with E-state index in [1.54, 1.807) is 25.3 Å². The summed E-state index contributed by atoms with van der Waals surface area (Å²) in [6, 6.07) is 14.7. The molecule has 0 saturated carbocycles. The molecule has 7 heteroatoms. The van der Waals surface area contributed by atoms with Gasteiger partial charge in [0.25, 0.3) is 0 Å². The standard InChI is InChI=1S/C18H13N5OS/c1-11(25-16-8-12(9-19)6-7-21-16)17(24)13(10-20)18-22-14-4-2-3-5-15(14)23-18/h2-8,11,24H,1H3,(H,22,23). The predicted molar refractivity (Wildman–Crippen MR) is 95.5 cm³/mol. The molecule has 0 aliphatic rings. The number of aromatic nitrogens is 3. The maximum absolute atomic E-state index is 10.5. The van der Waals surface area contributed by atoms with Gasteiger partial charge in [-0.15, -0.1) is 0 Å². The average molecular weight is 347 g/mol. The Morgan fingerprint density at radius 3 is 2.80 bits per heavy atom. The Balaban J connectivity index is 1.92. The molecule has 0 saturated heterocycles. The normalized spacial score (nSPS) is 12.9. The van der Waals surface area contributed by atoms with Gasteiger partial charge in [-0.2, -0.15) is 10.5 Å². The largest absolute Gasteiger partial charge is 0.510 e. The number of thioether (sulfide) groups is 1. The number of para-hydroxylation sites is 2. The molecule has 0 aliphatic carbocycles. The van der Waals surface area contributed by atoms with Crippen LogP contribution >= 0.6 is 11.8 Å². The first-order chi connectivity index (χ1) is 12.1. The molecule has 25 heavy (non-hydrogen) atoms. The fraction of sp³-hybridized carbons (Fsp3) is 0.111. The predicted octanol–water partition coefficient (Wildman–Crippen LogP) is 3.80. The molecular weight excluding hydrogens is 334 g/mol. The summed E-state index contributed by atoms with van der Waals surface area (Å²) in [5.41, 5.74) is 2.10. The van der Waals surface area contributed by atoms with Crippen molar-refractivity contribution >= 4 is 28.4 Å². The lowest BCUT2D eigenvalue weighted by Crippen LogP contribution is -2.05. The van der Waals surface area contributed by atoms with Gasteiger partial charge < -0.3 is 10.1 Å². The zero-order valence-electron chi connectivity index (χ0n) is 13.3. The third kappa shape index (κ3) is 3.47. The van der Waals surface area contributed by atoms with Crippen molar-refractivity contribution in [2.24, 2.45) is 0 Å². The highest BCUT2D eigenvalue weighted by Crippen LogP contribution is 2.29. The van der Waals surface area contributed by atoms with Crippen LogP contribution in [-0.2, 0) is 0 Å². The number of hydrogen-bond acceptors (Lipinski definition) is 6. The van der Waals surface area contributed by atoms with Crippen LogP contribution in [0.5, 0.6) is 0 Å². The van der Waals surface area contributed by atoms with Gasteiger partial charge in [0.2, 0.25) is 0 Å². The first-order valence-corrected chi connectivity index (χ1v) is 8.31. The number of imidazole rings is 1. The van der Waals surface area contributed by atoms with Crippen LogP contribution in [0.1, 0.15) is 18.3 Å². The first kappa shape index (κ1) is 16.6. The van der Waals surface area contributed by atoms with Crippen LogP contribution in [0.3, 0.4) is 0 Å². The minimum Gasteiger partial charge on any atom is -0.510 e. The van der Waals surface area contributed by atoms with E-state index in [4.69, 9.17) is 5.26 Å². The Labute approximate surface area is 148 Å². The summed E-state index contributed by atoms with van der Waals surface area (Å²) in [4.78, 5) is 11.6. The monoisotopic (exact) mass is 347 g/mol. The van der Waals surface area contributed by atoms with E-state index < -0.39 is 5.25 Å². The van der Waals surface area contributed by atoms with Gasteiger partial charge in [-0.3, -0.25) is 0 Å². The number of aliphatic hydroxyl groups is 1. The fourth-order valence-corrected chi connectivity index (χ4v) is 3.19. The van der Waals surface area contributed by atoms with E-state index in [0.29, 0.717) is 16.4 Å². The molecule has 0 amide bonds. The molecule has 1 unspecified atom stereocenters. The number of nitriles is 2. The van der Waals surface area contributed by atoms with E-state index in [1.807, 2.05) is 36.4 Å². The summed E-state index contributed by atoms with van der Waals surface area (Å²) in [5, 5.41) is 29.1. The number of aromatic amines is 1. The molecule has 0 bridgehead atoms. The average Bonchev–Trinajstić information content (AvgIpc) is 3.06. The van der Waals surface area contributed by atoms with Crippen molar-refractivity contribution in [3.05, 3.63) is 59.7 Å². The van der Waals surface area contributed by atoms with Crippen LogP contribution in [0.4, 0.5) is 0 Å². The number of pyridine rings is 1. The summed E-state index contributed by atoms with van der Waals surface area (Å²) >= 11 is 1.26. The molecule has 122 valence electrons. The van der Waals surface area contributed by atoms with E-state index in [9.17, 15) is 10.4 Å². The van der Waals surface area contributed by atoms with Crippen LogP contribution in [0.25, 0.3) is 16.6 Å². The molecule has 2 N–H and O–H groups in total. The van der Waals surface area contributed by atoms with E-state index in [0.717, 1.165) is 11.0 Å². The molecule has 3 rings (SSSR count). The molecule has 0 spiro atoms. The minimum absolute atomic E-state index is 0.0873. The maximum atomic E-state index is 10.5. The van der Waals surface area contributed by atoms with Gasteiger partial charge in [0.05, 0.1) is 32.9 Å². The zero-order chi connectivity index (χ0) is 17.8. The molecular formula is C18H13N5OS. The van der Waals surface area contributed by atoms with Gasteiger partial charge in [-0.05, 0) is 31.2 Å². The Hall–Kier alpha value is -3.29. The SMILES string of the molecule is CC(Sc1cc(C#N)ccn1)C(O)=C(C#N)c1nc2ccccc2[nH]1. The van der Waals surface area contributed by atoms with Crippen LogP contribution in [0, 0.1) is 22.7 Å². The highest BCUT2D eigenvalue weighted by Gasteiger charge is 2.19. The van der Waals surface area contributed by atoms with Crippen LogP contribution in [-0.4, -0.2) is 25.3 Å². The summed E-state index contributed by atoms with van der Waals surface area (Å²) in [6.07, 6.45) is 1.54. The molecule has 0 aliphatic heterocycles. The number of fused-ring (bicyclic) bond motifs is 1. The number of allylic oxidation sites excluding steroid dienone is 1. The third-order valence-corrected chi connectivity index (χ3v) is 4.58. The molecule has 1 aromatic carbocycles. The lowest BCUT2D eigenvalue weighted by Gasteiger charge is -2.11. The van der Waals surface area contributed by atoms with Gasteiger partial charge in [0, 0.05) is 6.20 Å². The van der Waals surface area contributed by atoms with Crippen molar-refractivity contribution in [3.8, 4) is 12.1 Å². The van der Waals surface area contributed by atoms with Crippen LogP contribution in [0.2, 0.25) is 0 Å². The van der Waals surface area contributed by atoms with Crippen LogP contribution < -0.4 is 0 Å².